The van der Waals surface area contributed by atoms with Crippen LogP contribution in [0.15, 0.2) is 11.8 Å². The van der Waals surface area contributed by atoms with Gasteiger partial charge in [-0.2, -0.15) is 0 Å². The Kier molecular flexibility index (Phi) is 42.1. The minimum absolute atomic E-state index is 0.304. The highest BCUT2D eigenvalue weighted by atomic mass is 31.2. The number of carbonyl (C=O) groups is 3. The number of aliphatic hydroxyl groups is 36. The molecule has 10 fully saturated rings. The fourth-order valence-corrected chi connectivity index (χ4v) is 18.3. The molecule has 842 valence electrons. The largest absolute Gasteiger partial charge is 0.477 e. The number of phosphoric acid groups is 1. The summed E-state index contributed by atoms with van der Waals surface area (Å²) >= 11 is 0. The highest BCUT2D eigenvalue weighted by Gasteiger charge is 2.69. The summed E-state index contributed by atoms with van der Waals surface area (Å²) in [6, 6.07) is -3.73. The lowest BCUT2D eigenvalue weighted by molar-refractivity contribution is -0.423. The van der Waals surface area contributed by atoms with Crippen molar-refractivity contribution in [2.45, 2.75) is 367 Å². The molecule has 59 atom stereocenters. The number of aliphatic hydroxyl groups excluding tert-OH is 36. The first-order valence-corrected chi connectivity index (χ1v) is 45.9. The van der Waals surface area contributed by atoms with Gasteiger partial charge in [0, 0.05) is 6.42 Å². The monoisotopic (exact) mass is 2160 g/mol. The van der Waals surface area contributed by atoms with Crippen LogP contribution in [0.25, 0.3) is 0 Å². The first kappa shape index (κ1) is 121. The predicted molar refractivity (Wildman–Crippen MR) is 430 cm³/mol. The Morgan fingerprint density at radius 1 is 0.366 bits per heavy atom. The first-order valence-electron chi connectivity index (χ1n) is 44.4. The Labute approximate surface area is 812 Å². The van der Waals surface area contributed by atoms with E-state index in [1.807, 2.05) is 0 Å². The van der Waals surface area contributed by atoms with Crippen LogP contribution in [0.5, 0.6) is 0 Å². The molecule has 0 aromatic rings. The van der Waals surface area contributed by atoms with Crippen LogP contribution in [0.1, 0.15) is 6.42 Å². The summed E-state index contributed by atoms with van der Waals surface area (Å²) in [5.74, 6) is -17.2. The molecule has 11 heterocycles. The van der Waals surface area contributed by atoms with Crippen molar-refractivity contribution in [2.75, 3.05) is 66.1 Å². The van der Waals surface area contributed by atoms with E-state index in [1.54, 1.807) is 0 Å². The number of carboxylic acids is 3. The van der Waals surface area contributed by atoms with E-state index in [1.165, 1.54) is 0 Å². The molecule has 69 nitrogen and oxygen atoms in total. The number of ether oxygens (including phenoxy) is 21. The van der Waals surface area contributed by atoms with Crippen molar-refractivity contribution in [1.29, 1.82) is 0 Å². The second-order valence-electron chi connectivity index (χ2n) is 35.7. The Bertz CT molecular complexity index is 4150. The van der Waals surface area contributed by atoms with Crippen molar-refractivity contribution in [3.63, 3.8) is 0 Å². The number of phosphoric ester groups is 1. The van der Waals surface area contributed by atoms with E-state index < -0.39 is 465 Å². The molecular formula is C75H125N2O67P. The highest BCUT2D eigenvalue weighted by molar-refractivity contribution is 7.46. The summed E-state index contributed by atoms with van der Waals surface area (Å²) in [5, 5.41) is 437. The zero-order valence-electron chi connectivity index (χ0n) is 74.8. The zero-order chi connectivity index (χ0) is 108. The quantitative estimate of drug-likeness (QED) is 0.0252. The van der Waals surface area contributed by atoms with E-state index in [2.05, 4.69) is 0 Å². The molecule has 0 aromatic heterocycles. The van der Waals surface area contributed by atoms with Crippen LogP contribution in [0.4, 0.5) is 0 Å². The number of hydrogen-bond donors (Lipinski definition) is 43. The van der Waals surface area contributed by atoms with Gasteiger partial charge in [0.2, 0.25) is 12.0 Å². The summed E-state index contributed by atoms with van der Waals surface area (Å²) < 4.78 is 139. The zero-order valence-corrected chi connectivity index (χ0v) is 75.7. The fraction of sp³-hybridized carbons (Fsp3) is 0.933. The fourth-order valence-electron chi connectivity index (χ4n) is 17.8. The minimum atomic E-state index is -6.00. The van der Waals surface area contributed by atoms with Gasteiger partial charge in [0.1, 0.15) is 269 Å². The summed E-state index contributed by atoms with van der Waals surface area (Å²) in [7, 11) is -6.00. The molecule has 11 rings (SSSR count). The standard InChI is InChI=1S/C75H125N2O67P/c76-26-30(95)29(94)24(126-63(26)115)11-124-64-27(77)31(96)55(144-145(120,121)122)25(129-64)12-125-74(72(116)117)2-22(141-75(73(118)119)61(112)40(105)39(104)51(143-75)17(89)6-81)56(53(142-74)19(91)8-83)136-69-46(111)58(60(52(134-69)18(90)7-82)140-66-42(107)32(97)28(93)23(9-84)128-66)138-68-45(110)57(44(109)50(132-68)20(92)10-123-65-41(106)33(98)35(100)47(130-65)14(86)3-78)137-70-54(13(85)1-21(127-70)62(113)114)135-71-59(38(103)37(102)49(133-71)16(88)5-80)139-67-43(108)34(99)36(101)48(131-67)15(87)4-79/h1,13-20,22-61,63-71,78-112,115H,2-12,76-77H2,(H,113,114)(H,116,117)(H,118,119)(H2,120,121,122)/t13-,14-,15-,16+,17+,18-,19+,20-,22+,23+,24+,25+,26+,27+,28+,29+,30+,31+,32-,33-,34-,35-,36-,37-,38-,39+,40-,41-,42+,43-,44+,45-,46-,47+,48+,49+,50+,51+,52+,53+,54+,55+,56+,57-,58+,59-,60+,61-,63-,64+,65-,66-,67+,68+,69+,70-,71+,74+,75+/m0/s1. The van der Waals surface area contributed by atoms with Gasteiger partial charge in [0.25, 0.3) is 11.6 Å². The number of hydrogen-bond acceptors (Lipinski definition) is 64. The molecule has 145 heavy (non-hydrogen) atoms. The SMILES string of the molecule is N[C@@H]1[C@@H](O)[C@H](O)[C@@H](CO[C@@H]2O[C@H](CO[C@]3(C(=O)O)C[C@@H](O[C@@]4(C(=O)O)O[C@H]([C@H](O)CO)[C@H](O)[C@H](O)[C@@H]4O)[C@@H](O[C@H]4O[C@H]([C@@H](O)CO)[C@@H](O[C@@H]5O[C@H](CO)[C@@H](O)[C@H](O)[C@H]5O)[C@H](O[C@H]5O[C@H]([C@@H](O)CO[C@H]6O[C@H]([C@@H](O)CO)[C@@H](O)[C@H](O)[C@@H]6O)[C@@H](O)[C@H](O[C@@H]6OC(C(=O)O)=C[C@H](O)[C@H]6O[C@H]6O[C@H]([C@H](O)CO)[C@@H](O)[C@H](O)[C@@H]6O[C@H]6O[C@H]([C@@H](O)CO)[C@@H](O)[C@H](O)[C@@H]6O)[C@@H]5O)[C@@H]4O)[C@@H]([C@H](O)CO)O3)[C@@H](OP(=O)(O)O)[C@H](O)[C@H]2N)O[C@@H]1O. The van der Waals surface area contributed by atoms with E-state index in [9.17, 15) is 228 Å². The molecule has 0 radical (unpaired) electrons. The smallest absolute Gasteiger partial charge is 0.470 e. The van der Waals surface area contributed by atoms with Crippen molar-refractivity contribution in [2.24, 2.45) is 11.5 Å². The topological polar surface area (TPSA) is 1150 Å². The summed E-state index contributed by atoms with van der Waals surface area (Å²) in [6.45, 7) is -14.6. The van der Waals surface area contributed by atoms with Crippen molar-refractivity contribution >= 4 is 25.7 Å². The van der Waals surface area contributed by atoms with Crippen LogP contribution < -0.4 is 11.5 Å². The van der Waals surface area contributed by atoms with Crippen LogP contribution in [0.2, 0.25) is 0 Å². The van der Waals surface area contributed by atoms with E-state index >= 15 is 0 Å². The average Bonchev–Trinajstić information content (AvgIpc) is 0.726. The predicted octanol–water partition coefficient (Wildman–Crippen LogP) is -28.2. The number of carboxylic acid groups (broad SMARTS) is 3. The van der Waals surface area contributed by atoms with Gasteiger partial charge in [-0.05, 0) is 6.08 Å². The third-order valence-electron chi connectivity index (χ3n) is 25.9. The molecule has 11 aliphatic heterocycles. The molecule has 11 aliphatic rings. The Morgan fingerprint density at radius 3 is 1.34 bits per heavy atom. The van der Waals surface area contributed by atoms with Gasteiger partial charge in [0.15, 0.2) is 56.4 Å². The van der Waals surface area contributed by atoms with Crippen LogP contribution in [0, 0.1) is 0 Å². The maximum Gasteiger partial charge on any atom is 0.470 e. The van der Waals surface area contributed by atoms with Crippen molar-refractivity contribution in [3.05, 3.63) is 11.8 Å². The second-order valence-corrected chi connectivity index (χ2v) is 36.9. The van der Waals surface area contributed by atoms with E-state index in [4.69, 9.17) is 115 Å². The molecule has 0 unspecified atom stereocenters. The van der Waals surface area contributed by atoms with Gasteiger partial charge in [-0.1, -0.05) is 0 Å². The lowest BCUT2D eigenvalue weighted by Gasteiger charge is -2.54. The molecule has 0 aliphatic carbocycles. The number of rotatable bonds is 42. The lowest BCUT2D eigenvalue weighted by Crippen LogP contribution is -2.74. The van der Waals surface area contributed by atoms with Gasteiger partial charge in [0.05, 0.1) is 84.3 Å². The van der Waals surface area contributed by atoms with Crippen LogP contribution in [-0.2, 0) is 123 Å². The number of nitrogens with two attached hydrogens (primary N) is 2. The molecule has 10 saturated heterocycles. The maximum absolute atomic E-state index is 14.4. The van der Waals surface area contributed by atoms with Crippen LogP contribution in [-0.4, -0.2) is 654 Å². The summed E-state index contributed by atoms with van der Waals surface area (Å²) in [5.41, 5.74) is 11.9. The van der Waals surface area contributed by atoms with Gasteiger partial charge >= 0.3 is 25.7 Å². The average molecular weight is 2160 g/mol. The molecule has 0 amide bonds. The molecule has 70 heteroatoms. The normalized spacial score (nSPS) is 48.2. The molecule has 0 aromatic carbocycles. The Hall–Kier alpha value is -4.26. The van der Waals surface area contributed by atoms with Crippen molar-refractivity contribution < 1.29 is 332 Å². The third kappa shape index (κ3) is 25.8. The minimum Gasteiger partial charge on any atom is -0.477 e. The summed E-state index contributed by atoms with van der Waals surface area (Å²) in [4.78, 5) is 61.9. The molecular weight excluding hydrogens is 2030 g/mol. The third-order valence-corrected chi connectivity index (χ3v) is 26.4. The van der Waals surface area contributed by atoms with Gasteiger partial charge < -0.3 is 320 Å². The van der Waals surface area contributed by atoms with E-state index in [0.717, 1.165) is 0 Å². The van der Waals surface area contributed by atoms with Gasteiger partial charge in [-0.25, -0.2) is 18.9 Å². The maximum atomic E-state index is 14.4. The molecule has 0 spiro atoms. The van der Waals surface area contributed by atoms with E-state index in [-0.39, 0.29) is 0 Å². The molecule has 45 N–H and O–H groups in total. The van der Waals surface area contributed by atoms with E-state index in [0.29, 0.717) is 6.08 Å². The van der Waals surface area contributed by atoms with Crippen LogP contribution in [0.3, 0.4) is 0 Å². The second kappa shape index (κ2) is 50.5. The highest BCUT2D eigenvalue weighted by Crippen LogP contribution is 2.48. The number of aliphatic carboxylic acids is 3. The summed E-state index contributed by atoms with van der Waals surface area (Å²) in [6.07, 6.45) is -145. The molecule has 0 saturated carbocycles. The lowest BCUT2D eigenvalue weighted by atomic mass is 9.88. The van der Waals surface area contributed by atoms with Crippen LogP contribution >= 0.6 is 7.82 Å². The van der Waals surface area contributed by atoms with Crippen molar-refractivity contribution in [1.82, 2.24) is 0 Å². The Morgan fingerprint density at radius 2 is 0.800 bits per heavy atom. The first-order chi connectivity index (χ1) is 68.0. The Balaban J connectivity index is 1.04. The van der Waals surface area contributed by atoms with Gasteiger partial charge in [-0.3, -0.25) is 4.52 Å². The van der Waals surface area contributed by atoms with Gasteiger partial charge in [-0.15, -0.1) is 0 Å². The van der Waals surface area contributed by atoms with Crippen molar-refractivity contribution in [3.8, 4) is 0 Å². The molecule has 0 bridgehead atoms.